The Morgan fingerprint density at radius 2 is 1.89 bits per heavy atom. The predicted molar refractivity (Wildman–Crippen MR) is 81.7 cm³/mol. The zero-order chi connectivity index (χ0) is 13.0. The van der Waals surface area contributed by atoms with Crippen LogP contribution < -0.4 is 5.73 Å². The third-order valence-electron chi connectivity index (χ3n) is 3.06. The highest BCUT2D eigenvalue weighted by molar-refractivity contribution is 7.80. The maximum Gasteiger partial charge on any atom is 0.0740 e. The number of thiocarbonyl (C=S) groups is 1. The molecule has 0 bridgehead atoms. The monoisotopic (exact) mass is 258 g/mol. The first-order valence-corrected chi connectivity index (χ1v) is 6.51. The normalized spacial score (nSPS) is 11.0. The summed E-state index contributed by atoms with van der Waals surface area (Å²) in [6.07, 6.45) is 0.774. The molecule has 0 fully saturated rings. The van der Waals surface area contributed by atoms with Crippen molar-refractivity contribution < 1.29 is 0 Å². The predicted octanol–water partition coefficient (Wildman–Crippen LogP) is 2.95. The van der Waals surface area contributed by atoms with Crippen LogP contribution in [0.1, 0.15) is 12.0 Å². The molecular formula is C15H18N2S. The van der Waals surface area contributed by atoms with Crippen LogP contribution in [-0.4, -0.2) is 23.5 Å². The summed E-state index contributed by atoms with van der Waals surface area (Å²) in [5.41, 5.74) is 6.88. The fourth-order valence-corrected chi connectivity index (χ4v) is 2.19. The van der Waals surface area contributed by atoms with Crippen LogP contribution in [0.2, 0.25) is 0 Å². The molecule has 2 aromatic carbocycles. The molecular weight excluding hydrogens is 240 g/mol. The molecule has 3 heteroatoms. The molecule has 0 saturated heterocycles. The minimum atomic E-state index is 0.583. The minimum Gasteiger partial charge on any atom is -0.393 e. The van der Waals surface area contributed by atoms with Gasteiger partial charge in [0.15, 0.2) is 0 Å². The second-order valence-electron chi connectivity index (χ2n) is 4.59. The number of hydrogen-bond donors (Lipinski definition) is 1. The third kappa shape index (κ3) is 3.28. The molecule has 94 valence electrons. The van der Waals surface area contributed by atoms with Crippen LogP contribution in [0.25, 0.3) is 10.8 Å². The first-order chi connectivity index (χ1) is 8.66. The lowest BCUT2D eigenvalue weighted by molar-refractivity contribution is 0.338. The Kier molecular flexibility index (Phi) is 4.28. The van der Waals surface area contributed by atoms with E-state index >= 15 is 0 Å². The summed E-state index contributed by atoms with van der Waals surface area (Å²) in [4.78, 5) is 2.83. The molecule has 2 nitrogen and oxygen atoms in total. The summed E-state index contributed by atoms with van der Waals surface area (Å²) in [6, 6.07) is 14.9. The average molecular weight is 258 g/mol. The highest BCUT2D eigenvalue weighted by Crippen LogP contribution is 2.19. The van der Waals surface area contributed by atoms with Crippen molar-refractivity contribution in [3.05, 3.63) is 48.0 Å². The van der Waals surface area contributed by atoms with Crippen molar-refractivity contribution in [1.29, 1.82) is 0 Å². The Morgan fingerprint density at radius 3 is 2.67 bits per heavy atom. The first-order valence-electron chi connectivity index (χ1n) is 6.10. The van der Waals surface area contributed by atoms with Gasteiger partial charge in [0.05, 0.1) is 4.99 Å². The summed E-state index contributed by atoms with van der Waals surface area (Å²) >= 11 is 4.91. The largest absolute Gasteiger partial charge is 0.393 e. The summed E-state index contributed by atoms with van der Waals surface area (Å²) in [7, 11) is 2.10. The van der Waals surface area contributed by atoms with E-state index in [1.165, 1.54) is 16.3 Å². The third-order valence-corrected chi connectivity index (χ3v) is 3.26. The average Bonchev–Trinajstić information content (AvgIpc) is 2.37. The van der Waals surface area contributed by atoms with Crippen LogP contribution in [0, 0.1) is 0 Å². The highest BCUT2D eigenvalue weighted by atomic mass is 32.1. The fraction of sp³-hybridized carbons (Fsp3) is 0.267. The van der Waals surface area contributed by atoms with Gasteiger partial charge in [-0.3, -0.25) is 0 Å². The van der Waals surface area contributed by atoms with Crippen LogP contribution in [0.4, 0.5) is 0 Å². The van der Waals surface area contributed by atoms with Crippen molar-refractivity contribution in [3.63, 3.8) is 0 Å². The van der Waals surface area contributed by atoms with E-state index in [0.29, 0.717) is 4.99 Å². The van der Waals surface area contributed by atoms with Gasteiger partial charge in [-0.25, -0.2) is 0 Å². The molecule has 0 amide bonds. The lowest BCUT2D eigenvalue weighted by Crippen LogP contribution is -2.23. The lowest BCUT2D eigenvalue weighted by Gasteiger charge is -2.17. The summed E-state index contributed by atoms with van der Waals surface area (Å²) in [5.74, 6) is 0. The molecule has 0 saturated carbocycles. The minimum absolute atomic E-state index is 0.583. The van der Waals surface area contributed by atoms with E-state index in [1.54, 1.807) is 0 Å². The molecule has 0 heterocycles. The number of fused-ring (bicyclic) bond motifs is 1. The second-order valence-corrected chi connectivity index (χ2v) is 5.12. The number of nitrogens with zero attached hydrogens (tertiary/aromatic N) is 1. The van der Waals surface area contributed by atoms with Gasteiger partial charge in [0.25, 0.3) is 0 Å². The highest BCUT2D eigenvalue weighted by Gasteiger charge is 2.04. The maximum absolute atomic E-state index is 5.53. The van der Waals surface area contributed by atoms with E-state index in [0.717, 1.165) is 19.5 Å². The van der Waals surface area contributed by atoms with E-state index in [-0.39, 0.29) is 0 Å². The van der Waals surface area contributed by atoms with E-state index in [1.807, 2.05) is 0 Å². The smallest absolute Gasteiger partial charge is 0.0740 e. The topological polar surface area (TPSA) is 29.3 Å². The number of hydrogen-bond acceptors (Lipinski definition) is 2. The van der Waals surface area contributed by atoms with Gasteiger partial charge in [0.2, 0.25) is 0 Å². The van der Waals surface area contributed by atoms with E-state index in [4.69, 9.17) is 18.0 Å². The quantitative estimate of drug-likeness (QED) is 0.836. The van der Waals surface area contributed by atoms with Gasteiger partial charge < -0.3 is 10.6 Å². The molecule has 0 atom stereocenters. The van der Waals surface area contributed by atoms with Crippen molar-refractivity contribution in [2.75, 3.05) is 13.6 Å². The molecule has 0 aliphatic carbocycles. The Bertz CT molecular complexity index is 546. The fourth-order valence-electron chi connectivity index (χ4n) is 2.10. The number of rotatable bonds is 5. The Hall–Kier alpha value is -1.45. The van der Waals surface area contributed by atoms with Gasteiger partial charge in [-0.1, -0.05) is 54.7 Å². The van der Waals surface area contributed by atoms with Crippen LogP contribution in [0.15, 0.2) is 42.5 Å². The standard InChI is InChI=1S/C15H18N2S/c1-17(10-9-15(16)18)11-13-7-4-6-12-5-2-3-8-14(12)13/h2-8H,9-11H2,1H3,(H2,16,18). The van der Waals surface area contributed by atoms with Crippen LogP contribution >= 0.6 is 12.2 Å². The van der Waals surface area contributed by atoms with Crippen molar-refractivity contribution >= 4 is 28.0 Å². The summed E-state index contributed by atoms with van der Waals surface area (Å²) < 4.78 is 0. The first kappa shape index (κ1) is 13.0. The molecule has 0 unspecified atom stereocenters. The molecule has 0 aliphatic rings. The van der Waals surface area contributed by atoms with Gasteiger partial charge in [0, 0.05) is 19.5 Å². The SMILES string of the molecule is CN(CCC(N)=S)Cc1cccc2ccccc12. The van der Waals surface area contributed by atoms with Crippen LogP contribution in [0.5, 0.6) is 0 Å². The van der Waals surface area contributed by atoms with Gasteiger partial charge in [0.1, 0.15) is 0 Å². The van der Waals surface area contributed by atoms with Crippen molar-refractivity contribution in [1.82, 2.24) is 4.90 Å². The van der Waals surface area contributed by atoms with E-state index < -0.39 is 0 Å². The molecule has 2 N–H and O–H groups in total. The second kappa shape index (κ2) is 5.94. The molecule has 2 rings (SSSR count). The molecule has 0 aliphatic heterocycles. The zero-order valence-corrected chi connectivity index (χ0v) is 11.4. The van der Waals surface area contributed by atoms with E-state index in [2.05, 4.69) is 54.4 Å². The molecule has 0 radical (unpaired) electrons. The van der Waals surface area contributed by atoms with Crippen molar-refractivity contribution in [2.24, 2.45) is 5.73 Å². The van der Waals surface area contributed by atoms with Crippen molar-refractivity contribution in [2.45, 2.75) is 13.0 Å². The summed E-state index contributed by atoms with van der Waals surface area (Å²) in [5, 5.41) is 2.61. The van der Waals surface area contributed by atoms with Gasteiger partial charge >= 0.3 is 0 Å². The Balaban J connectivity index is 2.14. The lowest BCUT2D eigenvalue weighted by atomic mass is 10.0. The molecule has 2 aromatic rings. The van der Waals surface area contributed by atoms with Crippen LogP contribution in [-0.2, 0) is 6.54 Å². The molecule has 0 spiro atoms. The van der Waals surface area contributed by atoms with Gasteiger partial charge in [-0.15, -0.1) is 0 Å². The zero-order valence-electron chi connectivity index (χ0n) is 10.6. The van der Waals surface area contributed by atoms with E-state index in [9.17, 15) is 0 Å². The van der Waals surface area contributed by atoms with Crippen LogP contribution in [0.3, 0.4) is 0 Å². The Labute approximate surface area is 113 Å². The molecule has 0 aromatic heterocycles. The van der Waals surface area contributed by atoms with Crippen molar-refractivity contribution in [3.8, 4) is 0 Å². The maximum atomic E-state index is 5.53. The van der Waals surface area contributed by atoms with Gasteiger partial charge in [-0.05, 0) is 23.4 Å². The Morgan fingerprint density at radius 1 is 1.17 bits per heavy atom. The summed E-state index contributed by atoms with van der Waals surface area (Å²) in [6.45, 7) is 1.82. The van der Waals surface area contributed by atoms with Gasteiger partial charge in [-0.2, -0.15) is 0 Å². The number of benzene rings is 2. The molecule has 18 heavy (non-hydrogen) atoms. The number of nitrogens with two attached hydrogens (primary N) is 1.